The lowest BCUT2D eigenvalue weighted by molar-refractivity contribution is 0.123. The maximum Gasteiger partial charge on any atom is 0.249 e. The van der Waals surface area contributed by atoms with E-state index < -0.39 is 0 Å². The number of benzene rings is 2. The fourth-order valence-corrected chi connectivity index (χ4v) is 3.17. The highest BCUT2D eigenvalue weighted by Gasteiger charge is 2.15. The summed E-state index contributed by atoms with van der Waals surface area (Å²) in [7, 11) is 0. The molecule has 0 amide bonds. The molecule has 0 bridgehead atoms. The Morgan fingerprint density at radius 3 is 2.57 bits per heavy atom. The Balaban J connectivity index is 1.50. The minimum Gasteiger partial charge on any atom is -0.378 e. The number of hydrogen-bond donors (Lipinski definition) is 2. The second-order valence-electron chi connectivity index (χ2n) is 6.58. The maximum absolute atomic E-state index is 5.46. The molecule has 1 aromatic heterocycles. The molecule has 0 saturated carbocycles. The Labute approximate surface area is 164 Å². The van der Waals surface area contributed by atoms with E-state index in [-0.39, 0.29) is 0 Å². The predicted octanol–water partition coefficient (Wildman–Crippen LogP) is 3.76. The molecule has 2 N–H and O–H groups in total. The van der Waals surface area contributed by atoms with Crippen molar-refractivity contribution in [2.24, 2.45) is 0 Å². The zero-order valence-electron chi connectivity index (χ0n) is 15.9. The number of morpholine rings is 1. The van der Waals surface area contributed by atoms with Gasteiger partial charge in [0.1, 0.15) is 0 Å². The molecule has 3 aromatic rings. The lowest BCUT2D eigenvalue weighted by Gasteiger charge is -2.30. The van der Waals surface area contributed by atoms with Crippen LogP contribution in [0.2, 0.25) is 0 Å². The Hall–Kier alpha value is -3.19. The highest BCUT2D eigenvalue weighted by Crippen LogP contribution is 2.28. The zero-order chi connectivity index (χ0) is 19.2. The Kier molecular flexibility index (Phi) is 5.63. The van der Waals surface area contributed by atoms with Crippen LogP contribution in [0, 0.1) is 0 Å². The molecule has 0 spiro atoms. The first-order valence-electron chi connectivity index (χ1n) is 9.56. The van der Waals surface area contributed by atoms with Crippen molar-refractivity contribution in [1.29, 1.82) is 0 Å². The van der Waals surface area contributed by atoms with E-state index in [0.29, 0.717) is 11.8 Å². The monoisotopic (exact) mass is 376 g/mol. The number of anilines is 5. The van der Waals surface area contributed by atoms with Crippen LogP contribution in [0.4, 0.5) is 28.8 Å². The lowest BCUT2D eigenvalue weighted by Crippen LogP contribution is -2.36. The van der Waals surface area contributed by atoms with Gasteiger partial charge in [0.15, 0.2) is 5.82 Å². The molecular weight excluding hydrogens is 352 g/mol. The van der Waals surface area contributed by atoms with Crippen LogP contribution in [0.5, 0.6) is 0 Å². The average molecular weight is 376 g/mol. The van der Waals surface area contributed by atoms with Crippen molar-refractivity contribution >= 4 is 28.8 Å². The molecule has 2 heterocycles. The molecule has 7 nitrogen and oxygen atoms in total. The summed E-state index contributed by atoms with van der Waals surface area (Å²) in [5, 5.41) is 14.8. The van der Waals surface area contributed by atoms with E-state index in [9.17, 15) is 0 Å². The molecule has 1 aliphatic heterocycles. The summed E-state index contributed by atoms with van der Waals surface area (Å²) < 4.78 is 5.46. The number of aryl methyl sites for hydroxylation is 1. The number of ether oxygens (including phenoxy) is 1. The molecule has 1 saturated heterocycles. The standard InChI is InChI=1S/C21H24N6O/c1-2-16-7-9-17(10-8-16)23-20-15-22-26-21(25-20)24-18-5-3-4-6-19(18)27-11-13-28-14-12-27/h3-10,15H,2,11-14H2,1H3,(H2,23,24,25,26). The minimum atomic E-state index is 0.455. The summed E-state index contributed by atoms with van der Waals surface area (Å²) >= 11 is 0. The quantitative estimate of drug-likeness (QED) is 0.678. The molecule has 0 aliphatic carbocycles. The van der Waals surface area contributed by atoms with Gasteiger partial charge in [0.2, 0.25) is 5.95 Å². The summed E-state index contributed by atoms with van der Waals surface area (Å²) in [6, 6.07) is 16.5. The van der Waals surface area contributed by atoms with Gasteiger partial charge in [-0.15, -0.1) is 5.10 Å². The molecule has 1 aliphatic rings. The molecule has 0 unspecified atom stereocenters. The summed E-state index contributed by atoms with van der Waals surface area (Å²) in [5.41, 5.74) is 4.34. The van der Waals surface area contributed by atoms with Crippen LogP contribution in [-0.4, -0.2) is 41.5 Å². The number of aromatic nitrogens is 3. The molecule has 1 fully saturated rings. The highest BCUT2D eigenvalue weighted by molar-refractivity contribution is 5.73. The molecule has 28 heavy (non-hydrogen) atoms. The summed E-state index contributed by atoms with van der Waals surface area (Å²) in [4.78, 5) is 6.86. The van der Waals surface area contributed by atoms with E-state index in [0.717, 1.165) is 49.8 Å². The van der Waals surface area contributed by atoms with Crippen LogP contribution >= 0.6 is 0 Å². The molecule has 7 heteroatoms. The summed E-state index contributed by atoms with van der Waals surface area (Å²) in [6.45, 7) is 5.36. The number of rotatable bonds is 6. The number of nitrogens with zero attached hydrogens (tertiary/aromatic N) is 4. The smallest absolute Gasteiger partial charge is 0.249 e. The Morgan fingerprint density at radius 2 is 1.79 bits per heavy atom. The van der Waals surface area contributed by atoms with Crippen LogP contribution in [0.3, 0.4) is 0 Å². The van der Waals surface area contributed by atoms with Crippen molar-refractivity contribution < 1.29 is 4.74 Å². The molecule has 0 atom stereocenters. The van der Waals surface area contributed by atoms with Crippen LogP contribution in [0.1, 0.15) is 12.5 Å². The second kappa shape index (κ2) is 8.67. The van der Waals surface area contributed by atoms with Crippen molar-refractivity contribution in [3.63, 3.8) is 0 Å². The molecule has 0 radical (unpaired) electrons. The van der Waals surface area contributed by atoms with Crippen molar-refractivity contribution in [3.05, 3.63) is 60.3 Å². The molecule has 4 rings (SSSR count). The van der Waals surface area contributed by atoms with Gasteiger partial charge < -0.3 is 20.3 Å². The van der Waals surface area contributed by atoms with Crippen LogP contribution in [0.15, 0.2) is 54.7 Å². The van der Waals surface area contributed by atoms with Crippen molar-refractivity contribution in [2.45, 2.75) is 13.3 Å². The average Bonchev–Trinajstić information content (AvgIpc) is 2.76. The van der Waals surface area contributed by atoms with Gasteiger partial charge in [0.05, 0.1) is 30.8 Å². The minimum absolute atomic E-state index is 0.455. The number of para-hydroxylation sites is 2. The number of nitrogens with one attached hydrogen (secondary N) is 2. The van der Waals surface area contributed by atoms with Crippen LogP contribution in [0.25, 0.3) is 0 Å². The van der Waals surface area contributed by atoms with Gasteiger partial charge in [0.25, 0.3) is 0 Å². The normalized spacial score (nSPS) is 14.0. The van der Waals surface area contributed by atoms with E-state index >= 15 is 0 Å². The van der Waals surface area contributed by atoms with Gasteiger partial charge in [0, 0.05) is 18.8 Å². The van der Waals surface area contributed by atoms with Gasteiger partial charge in [-0.05, 0) is 36.2 Å². The molecule has 2 aromatic carbocycles. The van der Waals surface area contributed by atoms with Gasteiger partial charge >= 0.3 is 0 Å². The van der Waals surface area contributed by atoms with Gasteiger partial charge in [-0.1, -0.05) is 31.2 Å². The first kappa shape index (κ1) is 18.2. The van der Waals surface area contributed by atoms with E-state index in [4.69, 9.17) is 4.74 Å². The summed E-state index contributed by atoms with van der Waals surface area (Å²) in [5.74, 6) is 1.10. The third kappa shape index (κ3) is 4.37. The van der Waals surface area contributed by atoms with E-state index in [1.165, 1.54) is 5.56 Å². The van der Waals surface area contributed by atoms with Crippen LogP contribution < -0.4 is 15.5 Å². The topological polar surface area (TPSA) is 75.2 Å². The predicted molar refractivity (Wildman–Crippen MR) is 112 cm³/mol. The van der Waals surface area contributed by atoms with Crippen LogP contribution in [-0.2, 0) is 11.2 Å². The van der Waals surface area contributed by atoms with E-state index in [1.54, 1.807) is 6.20 Å². The van der Waals surface area contributed by atoms with Gasteiger partial charge in [-0.3, -0.25) is 0 Å². The number of hydrogen-bond acceptors (Lipinski definition) is 7. The molecular formula is C21H24N6O. The molecule has 144 valence electrons. The third-order valence-corrected chi connectivity index (χ3v) is 4.70. The van der Waals surface area contributed by atoms with E-state index in [1.807, 2.05) is 30.3 Å². The van der Waals surface area contributed by atoms with Gasteiger partial charge in [-0.25, -0.2) is 0 Å². The second-order valence-corrected chi connectivity index (χ2v) is 6.58. The highest BCUT2D eigenvalue weighted by atomic mass is 16.5. The first-order chi connectivity index (χ1) is 13.8. The fourth-order valence-electron chi connectivity index (χ4n) is 3.17. The zero-order valence-corrected chi connectivity index (χ0v) is 15.9. The van der Waals surface area contributed by atoms with Crippen molar-refractivity contribution in [1.82, 2.24) is 15.2 Å². The fraction of sp³-hybridized carbons (Fsp3) is 0.286. The Bertz CT molecular complexity index is 909. The largest absolute Gasteiger partial charge is 0.378 e. The SMILES string of the molecule is CCc1ccc(Nc2cnnc(Nc3ccccc3N3CCOCC3)n2)cc1. The first-order valence-corrected chi connectivity index (χ1v) is 9.56. The lowest BCUT2D eigenvalue weighted by atomic mass is 10.1. The van der Waals surface area contributed by atoms with E-state index in [2.05, 4.69) is 55.8 Å². The third-order valence-electron chi connectivity index (χ3n) is 4.70. The maximum atomic E-state index is 5.46. The van der Waals surface area contributed by atoms with Gasteiger partial charge in [-0.2, -0.15) is 10.1 Å². The van der Waals surface area contributed by atoms with Crippen molar-refractivity contribution in [2.75, 3.05) is 41.8 Å². The summed E-state index contributed by atoms with van der Waals surface area (Å²) in [6.07, 6.45) is 2.64. The Morgan fingerprint density at radius 1 is 1.00 bits per heavy atom. The van der Waals surface area contributed by atoms with Crippen molar-refractivity contribution in [3.8, 4) is 0 Å².